The molecule has 0 aliphatic carbocycles. The average Bonchev–Trinajstić information content (AvgIpc) is 2.54. The van der Waals surface area contributed by atoms with Crippen molar-refractivity contribution in [1.29, 1.82) is 5.26 Å². The van der Waals surface area contributed by atoms with E-state index >= 15 is 0 Å². The number of pyridine rings is 1. The average molecular weight is 324 g/mol. The van der Waals surface area contributed by atoms with E-state index in [-0.39, 0.29) is 17.1 Å². The lowest BCUT2D eigenvalue weighted by Gasteiger charge is -2.12. The maximum Gasteiger partial charge on any atom is 0.281 e. The molecule has 6 heteroatoms. The Morgan fingerprint density at radius 1 is 1.17 bits per heavy atom. The van der Waals surface area contributed by atoms with E-state index in [0.29, 0.717) is 24.2 Å². The fraction of sp³-hybridized carbons (Fsp3) is 0.333. The number of rotatable bonds is 4. The summed E-state index contributed by atoms with van der Waals surface area (Å²) in [6, 6.07) is 7.70. The van der Waals surface area contributed by atoms with E-state index in [1.165, 1.54) is 4.57 Å². The predicted molar refractivity (Wildman–Crippen MR) is 92.2 cm³/mol. The van der Waals surface area contributed by atoms with Crippen LogP contribution in [0.3, 0.4) is 0 Å². The van der Waals surface area contributed by atoms with Crippen LogP contribution < -0.4 is 5.56 Å². The van der Waals surface area contributed by atoms with Gasteiger partial charge in [0.2, 0.25) is 5.88 Å². The second-order valence-corrected chi connectivity index (χ2v) is 5.68. The molecule has 0 saturated carbocycles. The van der Waals surface area contributed by atoms with Crippen molar-refractivity contribution in [3.8, 4) is 11.9 Å². The molecule has 0 radical (unpaired) electrons. The fourth-order valence-corrected chi connectivity index (χ4v) is 2.55. The Balaban J connectivity index is 2.67. The van der Waals surface area contributed by atoms with E-state index in [1.807, 2.05) is 45.0 Å². The largest absolute Gasteiger partial charge is 0.493 e. The van der Waals surface area contributed by atoms with Gasteiger partial charge in [0, 0.05) is 12.1 Å². The van der Waals surface area contributed by atoms with Crippen LogP contribution in [0.1, 0.15) is 35.6 Å². The van der Waals surface area contributed by atoms with Crippen LogP contribution in [0, 0.1) is 32.1 Å². The number of nitrogens with zero attached hydrogens (tertiary/aromatic N) is 4. The quantitative estimate of drug-likeness (QED) is 0.855. The second-order valence-electron chi connectivity index (χ2n) is 5.68. The zero-order valence-electron chi connectivity index (χ0n) is 14.3. The molecule has 0 aliphatic heterocycles. The van der Waals surface area contributed by atoms with Gasteiger partial charge in [0.15, 0.2) is 5.69 Å². The van der Waals surface area contributed by atoms with Gasteiger partial charge in [-0.3, -0.25) is 9.36 Å². The van der Waals surface area contributed by atoms with Crippen molar-refractivity contribution in [3.63, 3.8) is 0 Å². The molecule has 0 spiro atoms. The first-order valence-corrected chi connectivity index (χ1v) is 7.76. The summed E-state index contributed by atoms with van der Waals surface area (Å²) in [6.45, 7) is 7.62. The zero-order valence-corrected chi connectivity index (χ0v) is 14.3. The third-order valence-electron chi connectivity index (χ3n) is 3.91. The molecule has 0 unspecified atom stereocenters. The molecule has 2 aromatic rings. The minimum Gasteiger partial charge on any atom is -0.493 e. The van der Waals surface area contributed by atoms with Gasteiger partial charge in [-0.2, -0.15) is 5.26 Å². The summed E-state index contributed by atoms with van der Waals surface area (Å²) in [5.74, 6) is -0.312. The van der Waals surface area contributed by atoms with Gasteiger partial charge >= 0.3 is 0 Å². The van der Waals surface area contributed by atoms with Gasteiger partial charge < -0.3 is 5.11 Å². The molecule has 0 aliphatic rings. The molecule has 6 nitrogen and oxygen atoms in total. The van der Waals surface area contributed by atoms with Crippen molar-refractivity contribution in [2.75, 3.05) is 0 Å². The third kappa shape index (κ3) is 3.06. The molecule has 1 heterocycles. The summed E-state index contributed by atoms with van der Waals surface area (Å²) in [7, 11) is 0. The lowest BCUT2D eigenvalue weighted by atomic mass is 10.1. The highest BCUT2D eigenvalue weighted by atomic mass is 16.3. The van der Waals surface area contributed by atoms with Crippen LogP contribution in [0.15, 0.2) is 33.2 Å². The van der Waals surface area contributed by atoms with Crippen LogP contribution in [0.2, 0.25) is 0 Å². The van der Waals surface area contributed by atoms with Crippen LogP contribution in [-0.4, -0.2) is 9.67 Å². The number of hydrogen-bond donors (Lipinski definition) is 1. The Hall–Kier alpha value is -2.94. The van der Waals surface area contributed by atoms with Gasteiger partial charge in [-0.05, 0) is 38.3 Å². The summed E-state index contributed by atoms with van der Waals surface area (Å²) < 4.78 is 1.17. The van der Waals surface area contributed by atoms with Crippen LogP contribution in [0.5, 0.6) is 5.88 Å². The first kappa shape index (κ1) is 17.4. The van der Waals surface area contributed by atoms with Crippen molar-refractivity contribution in [3.05, 3.63) is 50.8 Å². The van der Waals surface area contributed by atoms with E-state index < -0.39 is 5.56 Å². The maximum absolute atomic E-state index is 12.6. The number of azo groups is 1. The molecule has 124 valence electrons. The normalized spacial score (nSPS) is 11.0. The molecule has 0 fully saturated rings. The molecule has 1 aromatic heterocycles. The van der Waals surface area contributed by atoms with Crippen molar-refractivity contribution >= 4 is 11.4 Å². The molecular formula is C18H20N4O2. The van der Waals surface area contributed by atoms with Gasteiger partial charge in [-0.15, -0.1) is 10.2 Å². The lowest BCUT2D eigenvalue weighted by Crippen LogP contribution is -2.21. The number of aromatic hydroxyl groups is 1. The Bertz CT molecular complexity index is 884. The van der Waals surface area contributed by atoms with Gasteiger partial charge in [0.05, 0.1) is 5.69 Å². The summed E-state index contributed by atoms with van der Waals surface area (Å²) in [6.07, 6.45) is 0.648. The Labute approximate surface area is 140 Å². The summed E-state index contributed by atoms with van der Waals surface area (Å²) in [5, 5.41) is 27.8. The lowest BCUT2D eigenvalue weighted by molar-refractivity contribution is 0.402. The van der Waals surface area contributed by atoms with E-state index in [4.69, 9.17) is 0 Å². The predicted octanol–water partition coefficient (Wildman–Crippen LogP) is 4.18. The molecule has 0 atom stereocenters. The smallest absolute Gasteiger partial charge is 0.281 e. The summed E-state index contributed by atoms with van der Waals surface area (Å²) in [5.41, 5.74) is 2.63. The standard InChI is InChI=1S/C18H20N4O2/c1-5-9-22-17(23)14(10-19)13(4)16(18(22)24)21-20-15-11(2)7-6-8-12(15)3/h6-8,23H,5,9H2,1-4H3. The Morgan fingerprint density at radius 2 is 1.75 bits per heavy atom. The zero-order chi connectivity index (χ0) is 17.9. The molecule has 2 rings (SSSR count). The first-order valence-electron chi connectivity index (χ1n) is 7.76. The van der Waals surface area contributed by atoms with Gasteiger partial charge in [-0.1, -0.05) is 25.1 Å². The summed E-state index contributed by atoms with van der Waals surface area (Å²) >= 11 is 0. The molecule has 1 N–H and O–H groups in total. The number of aryl methyl sites for hydroxylation is 2. The highest BCUT2D eigenvalue weighted by molar-refractivity contribution is 5.57. The molecule has 1 aromatic carbocycles. The fourth-order valence-electron chi connectivity index (χ4n) is 2.55. The van der Waals surface area contributed by atoms with Crippen LogP contribution >= 0.6 is 0 Å². The first-order chi connectivity index (χ1) is 11.4. The minimum atomic E-state index is -0.444. The Kier molecular flexibility index (Phi) is 5.14. The van der Waals surface area contributed by atoms with Crippen molar-refractivity contribution < 1.29 is 5.11 Å². The topological polar surface area (TPSA) is 90.7 Å². The summed E-state index contributed by atoms with van der Waals surface area (Å²) in [4.78, 5) is 12.6. The van der Waals surface area contributed by atoms with Gasteiger partial charge in [0.25, 0.3) is 5.56 Å². The maximum atomic E-state index is 12.6. The van der Waals surface area contributed by atoms with Crippen molar-refractivity contribution in [2.45, 2.75) is 40.7 Å². The molecular weight excluding hydrogens is 304 g/mol. The number of benzene rings is 1. The number of hydrogen-bond acceptors (Lipinski definition) is 5. The van der Waals surface area contributed by atoms with Gasteiger partial charge in [0.1, 0.15) is 11.6 Å². The van der Waals surface area contributed by atoms with E-state index in [2.05, 4.69) is 10.2 Å². The van der Waals surface area contributed by atoms with Gasteiger partial charge in [-0.25, -0.2) is 0 Å². The van der Waals surface area contributed by atoms with Crippen molar-refractivity contribution in [1.82, 2.24) is 4.57 Å². The van der Waals surface area contributed by atoms with Crippen LogP contribution in [0.4, 0.5) is 11.4 Å². The highest BCUT2D eigenvalue weighted by Crippen LogP contribution is 2.29. The second kappa shape index (κ2) is 7.09. The third-order valence-corrected chi connectivity index (χ3v) is 3.91. The minimum absolute atomic E-state index is 0.0542. The number of aromatic nitrogens is 1. The Morgan fingerprint density at radius 3 is 2.29 bits per heavy atom. The molecule has 0 amide bonds. The van der Waals surface area contributed by atoms with E-state index in [9.17, 15) is 15.2 Å². The number of nitriles is 1. The van der Waals surface area contributed by atoms with Crippen molar-refractivity contribution in [2.24, 2.45) is 10.2 Å². The van der Waals surface area contributed by atoms with E-state index in [0.717, 1.165) is 11.1 Å². The molecule has 0 saturated heterocycles. The SMILES string of the molecule is CCCn1c(O)c(C#N)c(C)c(N=Nc2c(C)cccc2C)c1=O. The molecule has 24 heavy (non-hydrogen) atoms. The highest BCUT2D eigenvalue weighted by Gasteiger charge is 2.18. The van der Waals surface area contributed by atoms with E-state index in [1.54, 1.807) is 6.92 Å². The van der Waals surface area contributed by atoms with Crippen LogP contribution in [-0.2, 0) is 6.54 Å². The monoisotopic (exact) mass is 324 g/mol. The van der Waals surface area contributed by atoms with Crippen LogP contribution in [0.25, 0.3) is 0 Å². The molecule has 0 bridgehead atoms.